The molecule has 0 bridgehead atoms. The fourth-order valence-corrected chi connectivity index (χ4v) is 2.08. The smallest absolute Gasteiger partial charge is 0.101 e. The third-order valence-electron chi connectivity index (χ3n) is 2.44. The molecule has 82 valence electrons. The third-order valence-corrected chi connectivity index (χ3v) is 3.68. The zero-order valence-electron chi connectivity index (χ0n) is 9.79. The molecule has 1 heterocycles. The van der Waals surface area contributed by atoms with Crippen molar-refractivity contribution in [3.63, 3.8) is 0 Å². The minimum absolute atomic E-state index is 0.0856. The van der Waals surface area contributed by atoms with Crippen LogP contribution in [0.1, 0.15) is 32.6 Å². The van der Waals surface area contributed by atoms with Crippen LogP contribution in [0.4, 0.5) is 0 Å². The van der Waals surface area contributed by atoms with Crippen LogP contribution in [0.15, 0.2) is 17.5 Å². The Labute approximate surface area is 95.9 Å². The van der Waals surface area contributed by atoms with Crippen molar-refractivity contribution in [2.24, 2.45) is 0 Å². The molecule has 1 aromatic heterocycles. The molecule has 0 fully saturated rings. The Morgan fingerprint density at radius 2 is 2.07 bits per heavy atom. The fourth-order valence-electron chi connectivity index (χ4n) is 1.23. The summed E-state index contributed by atoms with van der Waals surface area (Å²) >= 11 is 1.77. The summed E-state index contributed by atoms with van der Waals surface area (Å²) in [6.07, 6.45) is 0. The van der Waals surface area contributed by atoms with Gasteiger partial charge in [0.1, 0.15) is 5.54 Å². The van der Waals surface area contributed by atoms with Gasteiger partial charge in [0.2, 0.25) is 0 Å². The molecule has 0 saturated carbocycles. The highest BCUT2D eigenvalue weighted by molar-refractivity contribution is 7.10. The first-order valence-corrected chi connectivity index (χ1v) is 5.96. The molecule has 0 radical (unpaired) electrons. The highest BCUT2D eigenvalue weighted by atomic mass is 32.1. The van der Waals surface area contributed by atoms with Crippen LogP contribution in [0, 0.1) is 11.3 Å². The molecular formula is C12H18N2S. The molecule has 0 atom stereocenters. The highest BCUT2D eigenvalue weighted by Crippen LogP contribution is 2.27. The fraction of sp³-hybridized carbons (Fsp3) is 0.583. The minimum Gasteiger partial charge on any atom is -0.299 e. The first-order valence-electron chi connectivity index (χ1n) is 5.08. The largest absolute Gasteiger partial charge is 0.299 e. The van der Waals surface area contributed by atoms with Crippen LogP contribution in [0.5, 0.6) is 0 Å². The summed E-state index contributed by atoms with van der Waals surface area (Å²) in [6.45, 7) is 9.00. The SMILES string of the molecule is CC(C)(C#N)NCC(C)(C)c1cccs1. The van der Waals surface area contributed by atoms with Gasteiger partial charge >= 0.3 is 0 Å². The molecule has 0 spiro atoms. The van der Waals surface area contributed by atoms with Gasteiger partial charge < -0.3 is 0 Å². The molecule has 0 aliphatic heterocycles. The number of nitrogens with one attached hydrogen (secondary N) is 1. The van der Waals surface area contributed by atoms with Crippen molar-refractivity contribution >= 4 is 11.3 Å². The molecule has 0 amide bonds. The maximum Gasteiger partial charge on any atom is 0.101 e. The third kappa shape index (κ3) is 3.33. The van der Waals surface area contributed by atoms with Gasteiger partial charge in [0.25, 0.3) is 0 Å². The summed E-state index contributed by atoms with van der Waals surface area (Å²) in [5, 5.41) is 14.3. The summed E-state index contributed by atoms with van der Waals surface area (Å²) in [6, 6.07) is 6.46. The van der Waals surface area contributed by atoms with Crippen LogP contribution in [0.3, 0.4) is 0 Å². The second-order valence-corrected chi connectivity index (χ2v) is 5.90. The zero-order valence-corrected chi connectivity index (χ0v) is 10.6. The first kappa shape index (κ1) is 12.2. The van der Waals surface area contributed by atoms with Crippen molar-refractivity contribution in [2.45, 2.75) is 38.6 Å². The molecule has 1 rings (SSSR count). The van der Waals surface area contributed by atoms with Crippen molar-refractivity contribution in [3.05, 3.63) is 22.4 Å². The number of hydrogen-bond donors (Lipinski definition) is 1. The summed E-state index contributed by atoms with van der Waals surface area (Å²) in [4.78, 5) is 1.35. The highest BCUT2D eigenvalue weighted by Gasteiger charge is 2.25. The van der Waals surface area contributed by atoms with Gasteiger partial charge in [-0.3, -0.25) is 5.32 Å². The van der Waals surface area contributed by atoms with Crippen molar-refractivity contribution in [1.29, 1.82) is 5.26 Å². The molecule has 0 saturated heterocycles. The lowest BCUT2D eigenvalue weighted by atomic mass is 9.90. The molecule has 0 aliphatic carbocycles. The Kier molecular flexibility index (Phi) is 3.54. The lowest BCUT2D eigenvalue weighted by molar-refractivity contribution is 0.401. The van der Waals surface area contributed by atoms with Crippen LogP contribution < -0.4 is 5.32 Å². The predicted octanol–water partition coefficient (Wildman–Crippen LogP) is 2.92. The minimum atomic E-state index is -0.450. The maximum atomic E-state index is 8.91. The van der Waals surface area contributed by atoms with Crippen molar-refractivity contribution < 1.29 is 0 Å². The van der Waals surface area contributed by atoms with Gasteiger partial charge in [-0.2, -0.15) is 5.26 Å². The number of rotatable bonds is 4. The van der Waals surface area contributed by atoms with Gasteiger partial charge in [-0.05, 0) is 25.3 Å². The van der Waals surface area contributed by atoms with Crippen LogP contribution in [-0.4, -0.2) is 12.1 Å². The second kappa shape index (κ2) is 4.34. The van der Waals surface area contributed by atoms with E-state index in [4.69, 9.17) is 5.26 Å². The average molecular weight is 222 g/mol. The Hall–Kier alpha value is -0.850. The Bertz CT molecular complexity index is 344. The van der Waals surface area contributed by atoms with E-state index in [2.05, 4.69) is 42.7 Å². The molecule has 1 aromatic rings. The molecule has 15 heavy (non-hydrogen) atoms. The van der Waals surface area contributed by atoms with E-state index in [-0.39, 0.29) is 5.41 Å². The number of thiophene rings is 1. The van der Waals surface area contributed by atoms with Crippen LogP contribution in [-0.2, 0) is 5.41 Å². The standard InChI is InChI=1S/C12H18N2S/c1-11(2,10-6-5-7-15-10)9-14-12(3,4)8-13/h5-7,14H,9H2,1-4H3. The summed E-state index contributed by atoms with van der Waals surface area (Å²) in [7, 11) is 0. The molecule has 0 unspecified atom stereocenters. The van der Waals surface area contributed by atoms with E-state index >= 15 is 0 Å². The summed E-state index contributed by atoms with van der Waals surface area (Å²) in [5.41, 5.74) is -0.364. The number of nitriles is 1. The van der Waals surface area contributed by atoms with Crippen LogP contribution >= 0.6 is 11.3 Å². The van der Waals surface area contributed by atoms with E-state index in [1.807, 2.05) is 13.8 Å². The Morgan fingerprint density at radius 3 is 2.53 bits per heavy atom. The summed E-state index contributed by atoms with van der Waals surface area (Å²) in [5.74, 6) is 0. The van der Waals surface area contributed by atoms with Gasteiger partial charge in [-0.25, -0.2) is 0 Å². The normalized spacial score (nSPS) is 12.5. The number of hydrogen-bond acceptors (Lipinski definition) is 3. The monoisotopic (exact) mass is 222 g/mol. The second-order valence-electron chi connectivity index (χ2n) is 4.95. The maximum absolute atomic E-state index is 8.91. The predicted molar refractivity (Wildman–Crippen MR) is 65.0 cm³/mol. The van der Waals surface area contributed by atoms with Crippen molar-refractivity contribution in [1.82, 2.24) is 5.32 Å². The Morgan fingerprint density at radius 1 is 1.40 bits per heavy atom. The molecule has 1 N–H and O–H groups in total. The zero-order chi connectivity index (χ0) is 11.5. The number of nitrogens with zero attached hydrogens (tertiary/aromatic N) is 1. The van der Waals surface area contributed by atoms with Gasteiger partial charge in [0.05, 0.1) is 6.07 Å². The van der Waals surface area contributed by atoms with Gasteiger partial charge in [0.15, 0.2) is 0 Å². The van der Waals surface area contributed by atoms with Gasteiger partial charge in [-0.15, -0.1) is 11.3 Å². The summed E-state index contributed by atoms with van der Waals surface area (Å²) < 4.78 is 0. The van der Waals surface area contributed by atoms with E-state index in [0.717, 1.165) is 6.54 Å². The van der Waals surface area contributed by atoms with E-state index in [1.54, 1.807) is 11.3 Å². The van der Waals surface area contributed by atoms with E-state index in [1.165, 1.54) is 4.88 Å². The van der Waals surface area contributed by atoms with Crippen molar-refractivity contribution in [2.75, 3.05) is 6.54 Å². The molecular weight excluding hydrogens is 204 g/mol. The first-order chi connectivity index (χ1) is 6.87. The molecule has 2 nitrogen and oxygen atoms in total. The lowest BCUT2D eigenvalue weighted by Crippen LogP contribution is -2.44. The average Bonchev–Trinajstić information content (AvgIpc) is 2.69. The van der Waals surface area contributed by atoms with Crippen molar-refractivity contribution in [3.8, 4) is 6.07 Å². The van der Waals surface area contributed by atoms with Gasteiger partial charge in [-0.1, -0.05) is 19.9 Å². The van der Waals surface area contributed by atoms with E-state index < -0.39 is 5.54 Å². The van der Waals surface area contributed by atoms with Crippen LogP contribution in [0.25, 0.3) is 0 Å². The Balaban J connectivity index is 2.63. The van der Waals surface area contributed by atoms with E-state index in [0.29, 0.717) is 0 Å². The van der Waals surface area contributed by atoms with Gasteiger partial charge in [0, 0.05) is 16.8 Å². The molecule has 0 aliphatic rings. The lowest BCUT2D eigenvalue weighted by Gasteiger charge is -2.28. The molecule has 0 aromatic carbocycles. The van der Waals surface area contributed by atoms with E-state index in [9.17, 15) is 0 Å². The quantitative estimate of drug-likeness (QED) is 0.850. The van der Waals surface area contributed by atoms with Crippen LogP contribution in [0.2, 0.25) is 0 Å². The topological polar surface area (TPSA) is 35.8 Å². The molecule has 3 heteroatoms.